The van der Waals surface area contributed by atoms with Gasteiger partial charge >= 0.3 is 0 Å². The third-order valence-corrected chi connectivity index (χ3v) is 2.50. The van der Waals surface area contributed by atoms with Gasteiger partial charge in [0.05, 0.1) is 0 Å². The molecule has 0 unspecified atom stereocenters. The van der Waals surface area contributed by atoms with E-state index in [0.29, 0.717) is 0 Å². The van der Waals surface area contributed by atoms with Crippen LogP contribution in [0.2, 0.25) is 0 Å². The van der Waals surface area contributed by atoms with Crippen molar-refractivity contribution in [2.45, 2.75) is 0 Å². The third-order valence-electron chi connectivity index (χ3n) is 1.99. The largest absolute Gasteiger partial charge is 0.106 e. The Morgan fingerprint density at radius 3 is 1.44 bits per heavy atom. The van der Waals surface area contributed by atoms with E-state index in [-0.39, 0.29) is 8.98 Å². The van der Waals surface area contributed by atoms with Gasteiger partial charge in [0.2, 0.25) is 0 Å². The molecule has 0 aliphatic rings. The number of rotatable bonds is 4. The van der Waals surface area contributed by atoms with Crippen LogP contribution in [0.1, 0.15) is 11.1 Å². The zero-order valence-electron chi connectivity index (χ0n) is 9.29. The van der Waals surface area contributed by atoms with Gasteiger partial charge in [0.1, 0.15) is 8.98 Å². The summed E-state index contributed by atoms with van der Waals surface area (Å²) in [5.41, 5.74) is 2.08. The van der Waals surface area contributed by atoms with Crippen molar-refractivity contribution in [2.24, 2.45) is 0 Å². The number of hydrogen-bond donors (Lipinski definition) is 0. The molecule has 0 aliphatic carbocycles. The fraction of sp³-hybridized carbons (Fsp3) is 0. The lowest BCUT2D eigenvalue weighted by molar-refractivity contribution is 1.61. The molecule has 0 amide bonds. The molecule has 0 radical (unpaired) electrons. The van der Waals surface area contributed by atoms with Crippen LogP contribution in [0.3, 0.4) is 0 Å². The lowest BCUT2D eigenvalue weighted by Gasteiger charge is -1.99. The van der Waals surface area contributed by atoms with Crippen LogP contribution in [0.15, 0.2) is 57.6 Å². The van der Waals surface area contributed by atoms with Crippen molar-refractivity contribution in [1.82, 2.24) is 0 Å². The van der Waals surface area contributed by atoms with Crippen LogP contribution in [0.4, 0.5) is 0 Å². The van der Waals surface area contributed by atoms with Gasteiger partial charge in [0.25, 0.3) is 0 Å². The maximum atomic E-state index is 5.53. The maximum absolute atomic E-state index is 5.53. The van der Waals surface area contributed by atoms with Crippen molar-refractivity contribution < 1.29 is 0 Å². The van der Waals surface area contributed by atoms with Gasteiger partial charge in [-0.15, -0.1) is 0 Å². The van der Waals surface area contributed by atoms with E-state index >= 15 is 0 Å². The lowest BCUT2D eigenvalue weighted by atomic mass is 10.1. The second-order valence-electron chi connectivity index (χ2n) is 3.26. The Kier molecular flexibility index (Phi) is 7.22. The molecule has 0 saturated heterocycles. The van der Waals surface area contributed by atoms with Gasteiger partial charge in [0, 0.05) is 0 Å². The molecule has 1 rings (SSSR count). The summed E-state index contributed by atoms with van der Waals surface area (Å²) in [5, 5.41) is 0. The molecule has 0 atom stereocenters. The molecule has 0 saturated carbocycles. The van der Waals surface area contributed by atoms with Crippen molar-refractivity contribution in [3.63, 3.8) is 0 Å². The highest BCUT2D eigenvalue weighted by Gasteiger charge is 1.93. The molecule has 0 heterocycles. The zero-order chi connectivity index (χ0) is 13.4. The molecule has 18 heavy (non-hydrogen) atoms. The Morgan fingerprint density at radius 1 is 0.722 bits per heavy atom. The van der Waals surface area contributed by atoms with Crippen molar-refractivity contribution in [3.8, 4) is 0 Å². The number of halogens is 4. The molecule has 0 bridgehead atoms. The van der Waals surface area contributed by atoms with Gasteiger partial charge < -0.3 is 0 Å². The van der Waals surface area contributed by atoms with E-state index < -0.39 is 0 Å². The van der Waals surface area contributed by atoms with Crippen LogP contribution in [-0.4, -0.2) is 0 Å². The average Bonchev–Trinajstić information content (AvgIpc) is 2.30. The summed E-state index contributed by atoms with van der Waals surface area (Å²) in [7, 11) is 0. The van der Waals surface area contributed by atoms with Crippen molar-refractivity contribution in [1.29, 1.82) is 0 Å². The molecule has 1 aromatic carbocycles. The van der Waals surface area contributed by atoms with E-state index in [1.54, 1.807) is 24.3 Å². The quantitative estimate of drug-likeness (QED) is 0.567. The van der Waals surface area contributed by atoms with E-state index in [1.165, 1.54) is 0 Å². The maximum Gasteiger partial charge on any atom is 0.106 e. The second-order valence-corrected chi connectivity index (χ2v) is 5.28. The van der Waals surface area contributed by atoms with E-state index in [2.05, 4.69) is 0 Å². The van der Waals surface area contributed by atoms with E-state index in [9.17, 15) is 0 Å². The summed E-state index contributed by atoms with van der Waals surface area (Å²) in [6.07, 6.45) is 10.6. The Labute approximate surface area is 127 Å². The Bertz CT molecular complexity index is 455. The molecule has 0 N–H and O–H groups in total. The van der Waals surface area contributed by atoms with Gasteiger partial charge in [0.15, 0.2) is 0 Å². The van der Waals surface area contributed by atoms with Gasteiger partial charge in [-0.2, -0.15) is 0 Å². The normalized spacial score (nSPS) is 10.9. The Balaban J connectivity index is 2.93. The monoisotopic (exact) mass is 318 g/mol. The molecular weight excluding hydrogens is 310 g/mol. The topological polar surface area (TPSA) is 0 Å². The van der Waals surface area contributed by atoms with Gasteiger partial charge in [-0.25, -0.2) is 0 Å². The predicted octanol–water partition coefficient (Wildman–Crippen LogP) is 6.35. The van der Waals surface area contributed by atoms with Crippen LogP contribution < -0.4 is 0 Å². The zero-order valence-corrected chi connectivity index (χ0v) is 12.3. The summed E-state index contributed by atoms with van der Waals surface area (Å²) >= 11 is 22.1. The summed E-state index contributed by atoms with van der Waals surface area (Å²) in [6.45, 7) is 0. The fourth-order valence-electron chi connectivity index (χ4n) is 1.26. The first-order valence-electron chi connectivity index (χ1n) is 5.07. The highest BCUT2D eigenvalue weighted by molar-refractivity contribution is 6.56. The van der Waals surface area contributed by atoms with Crippen LogP contribution in [0, 0.1) is 0 Å². The predicted molar refractivity (Wildman–Crippen MR) is 84.1 cm³/mol. The molecule has 0 nitrogen and oxygen atoms in total. The molecule has 0 aromatic heterocycles. The minimum atomic E-state index is 0.219. The first-order chi connectivity index (χ1) is 8.59. The highest BCUT2D eigenvalue weighted by atomic mass is 35.5. The summed E-state index contributed by atoms with van der Waals surface area (Å²) in [6, 6.07) is 7.87. The third kappa shape index (κ3) is 6.32. The van der Waals surface area contributed by atoms with Crippen molar-refractivity contribution >= 4 is 58.6 Å². The highest BCUT2D eigenvalue weighted by Crippen LogP contribution is 2.15. The molecule has 0 spiro atoms. The Morgan fingerprint density at radius 2 is 1.11 bits per heavy atom. The van der Waals surface area contributed by atoms with Crippen LogP contribution in [0.25, 0.3) is 12.2 Å². The molecule has 0 aliphatic heterocycles. The van der Waals surface area contributed by atoms with Gasteiger partial charge in [-0.1, -0.05) is 95.0 Å². The van der Waals surface area contributed by atoms with Gasteiger partial charge in [-0.3, -0.25) is 0 Å². The Hall–Kier alpha value is -0.660. The van der Waals surface area contributed by atoms with Crippen LogP contribution in [0.5, 0.6) is 0 Å². The average molecular weight is 320 g/mol. The number of benzene rings is 1. The number of hydrogen-bond acceptors (Lipinski definition) is 0. The first-order valence-corrected chi connectivity index (χ1v) is 6.58. The van der Waals surface area contributed by atoms with Crippen molar-refractivity contribution in [2.75, 3.05) is 0 Å². The van der Waals surface area contributed by atoms with E-state index in [1.807, 2.05) is 36.4 Å². The van der Waals surface area contributed by atoms with E-state index in [0.717, 1.165) is 11.1 Å². The summed E-state index contributed by atoms with van der Waals surface area (Å²) in [4.78, 5) is 0. The minimum absolute atomic E-state index is 0.219. The summed E-state index contributed by atoms with van der Waals surface area (Å²) in [5.74, 6) is 0. The molecule has 1 aromatic rings. The standard InChI is InChI=1S/C14H10Cl4/c15-13(16)9-3-7-11-5-1-2-6-12(11)8-4-10-14(17)18/h1-10H/b7-3-,8-4-. The van der Waals surface area contributed by atoms with Crippen LogP contribution in [-0.2, 0) is 0 Å². The van der Waals surface area contributed by atoms with Crippen LogP contribution >= 0.6 is 46.4 Å². The molecule has 94 valence electrons. The summed E-state index contributed by atoms with van der Waals surface area (Å²) < 4.78 is 0.437. The minimum Gasteiger partial charge on any atom is -0.0709 e. The molecule has 0 fully saturated rings. The SMILES string of the molecule is ClC(Cl)=C/C=C\c1ccccc1/C=C\C=C(Cl)Cl. The second kappa shape index (κ2) is 8.44. The smallest absolute Gasteiger partial charge is 0.0709 e. The van der Waals surface area contributed by atoms with Crippen molar-refractivity contribution in [3.05, 3.63) is 68.7 Å². The molecular formula is C14H10Cl4. The van der Waals surface area contributed by atoms with E-state index in [4.69, 9.17) is 46.4 Å². The lowest BCUT2D eigenvalue weighted by Crippen LogP contribution is -1.78. The first kappa shape index (κ1) is 15.4. The molecule has 4 heteroatoms. The fourth-order valence-corrected chi connectivity index (χ4v) is 1.55. The number of allylic oxidation sites excluding steroid dienone is 4. The van der Waals surface area contributed by atoms with Gasteiger partial charge in [-0.05, 0) is 23.3 Å².